The van der Waals surface area contributed by atoms with Crippen LogP contribution in [0.15, 0.2) is 109 Å². The van der Waals surface area contributed by atoms with Crippen molar-refractivity contribution in [1.29, 1.82) is 0 Å². The van der Waals surface area contributed by atoms with Crippen molar-refractivity contribution in [2.45, 2.75) is 0 Å². The molecule has 6 rings (SSSR count). The summed E-state index contributed by atoms with van der Waals surface area (Å²) < 4.78 is 0. The molecule has 0 bridgehead atoms. The molecule has 0 saturated carbocycles. The molecule has 6 aromatic carbocycles. The third-order valence-electron chi connectivity index (χ3n) is 5.99. The molecular formula is C29H20N2O. The van der Waals surface area contributed by atoms with Crippen molar-refractivity contribution in [1.82, 2.24) is 0 Å². The van der Waals surface area contributed by atoms with Crippen molar-refractivity contribution < 1.29 is 4.79 Å². The first kappa shape index (κ1) is 18.4. The highest BCUT2D eigenvalue weighted by molar-refractivity contribution is 6.12. The maximum Gasteiger partial charge on any atom is 0.323 e. The first-order chi connectivity index (χ1) is 15.7. The molecule has 152 valence electrons. The monoisotopic (exact) mass is 412 g/mol. The Morgan fingerprint density at radius 2 is 0.812 bits per heavy atom. The lowest BCUT2D eigenvalue weighted by atomic mass is 10.0. The molecule has 0 aromatic heterocycles. The molecule has 3 nitrogen and oxygen atoms in total. The molecule has 0 spiro atoms. The summed E-state index contributed by atoms with van der Waals surface area (Å²) in [6, 6.07) is 36.8. The number of hydrogen-bond acceptors (Lipinski definition) is 1. The fourth-order valence-electron chi connectivity index (χ4n) is 4.43. The Labute approximate surface area is 185 Å². The lowest BCUT2D eigenvalue weighted by molar-refractivity contribution is 0.262. The van der Waals surface area contributed by atoms with E-state index in [1.54, 1.807) is 0 Å². The van der Waals surface area contributed by atoms with Crippen LogP contribution in [0.1, 0.15) is 0 Å². The Balaban J connectivity index is 1.36. The van der Waals surface area contributed by atoms with E-state index in [1.807, 2.05) is 48.5 Å². The zero-order chi connectivity index (χ0) is 21.5. The van der Waals surface area contributed by atoms with Gasteiger partial charge in [0.15, 0.2) is 0 Å². The van der Waals surface area contributed by atoms with Gasteiger partial charge in [-0.1, -0.05) is 72.8 Å². The SMILES string of the molecule is O=C(Nc1cccc2cc3ccccc3cc12)Nc1cccc2cc3ccccc3cc12. The van der Waals surface area contributed by atoms with E-state index in [1.165, 1.54) is 10.8 Å². The first-order valence-electron chi connectivity index (χ1n) is 10.7. The lowest BCUT2D eigenvalue weighted by Crippen LogP contribution is -2.19. The maximum absolute atomic E-state index is 13.0. The average molecular weight is 412 g/mol. The van der Waals surface area contributed by atoms with E-state index in [2.05, 4.69) is 71.3 Å². The van der Waals surface area contributed by atoms with Crippen molar-refractivity contribution in [3.05, 3.63) is 109 Å². The second-order valence-corrected chi connectivity index (χ2v) is 8.03. The summed E-state index contributed by atoms with van der Waals surface area (Å²) in [5, 5.41) is 15.0. The molecule has 0 radical (unpaired) electrons. The number of amides is 2. The van der Waals surface area contributed by atoms with Gasteiger partial charge >= 0.3 is 6.03 Å². The third kappa shape index (κ3) is 3.21. The minimum Gasteiger partial charge on any atom is -0.307 e. The van der Waals surface area contributed by atoms with Gasteiger partial charge in [0.25, 0.3) is 0 Å². The summed E-state index contributed by atoms with van der Waals surface area (Å²) in [5.74, 6) is 0. The molecule has 0 atom stereocenters. The van der Waals surface area contributed by atoms with Crippen LogP contribution in [0.3, 0.4) is 0 Å². The molecule has 2 amide bonds. The van der Waals surface area contributed by atoms with Gasteiger partial charge < -0.3 is 10.6 Å². The largest absolute Gasteiger partial charge is 0.323 e. The van der Waals surface area contributed by atoms with Gasteiger partial charge in [-0.15, -0.1) is 0 Å². The second kappa shape index (κ2) is 7.40. The summed E-state index contributed by atoms with van der Waals surface area (Å²) in [5.41, 5.74) is 1.58. The van der Waals surface area contributed by atoms with Gasteiger partial charge in [-0.25, -0.2) is 4.79 Å². The molecule has 6 aromatic rings. The van der Waals surface area contributed by atoms with E-state index >= 15 is 0 Å². The summed E-state index contributed by atoms with van der Waals surface area (Å²) in [6.07, 6.45) is 0. The van der Waals surface area contributed by atoms with Crippen LogP contribution < -0.4 is 10.6 Å². The van der Waals surface area contributed by atoms with E-state index in [0.29, 0.717) is 0 Å². The minimum absolute atomic E-state index is 0.258. The molecule has 0 aliphatic rings. The summed E-state index contributed by atoms with van der Waals surface area (Å²) in [6.45, 7) is 0. The fourth-order valence-corrected chi connectivity index (χ4v) is 4.43. The highest BCUT2D eigenvalue weighted by Gasteiger charge is 2.10. The molecule has 0 fully saturated rings. The standard InChI is InChI=1S/C29H20N2O/c32-29(30-27-13-5-11-23-15-19-7-1-3-9-21(19)17-25(23)27)31-28-14-6-12-24-16-20-8-2-4-10-22(20)18-26(24)28/h1-18H,(H2,30,31,32). The van der Waals surface area contributed by atoms with Crippen molar-refractivity contribution in [2.24, 2.45) is 0 Å². The zero-order valence-electron chi connectivity index (χ0n) is 17.3. The minimum atomic E-state index is -0.258. The van der Waals surface area contributed by atoms with E-state index in [4.69, 9.17) is 0 Å². The predicted molar refractivity (Wildman–Crippen MR) is 136 cm³/mol. The number of carbonyl (C=O) groups is 1. The summed E-state index contributed by atoms with van der Waals surface area (Å²) in [4.78, 5) is 13.0. The molecule has 0 heterocycles. The van der Waals surface area contributed by atoms with Crippen molar-refractivity contribution in [3.8, 4) is 0 Å². The fraction of sp³-hybridized carbons (Fsp3) is 0. The third-order valence-corrected chi connectivity index (χ3v) is 5.99. The van der Waals surface area contributed by atoms with Gasteiger partial charge in [0.05, 0.1) is 11.4 Å². The van der Waals surface area contributed by atoms with E-state index in [0.717, 1.165) is 43.7 Å². The van der Waals surface area contributed by atoms with Crippen LogP contribution in [-0.4, -0.2) is 6.03 Å². The molecule has 0 saturated heterocycles. The topological polar surface area (TPSA) is 41.1 Å². The number of carbonyl (C=O) groups excluding carboxylic acids is 1. The Morgan fingerprint density at radius 1 is 0.438 bits per heavy atom. The van der Waals surface area contributed by atoms with Crippen LogP contribution in [0.5, 0.6) is 0 Å². The molecule has 0 aliphatic carbocycles. The Morgan fingerprint density at radius 3 is 1.25 bits per heavy atom. The smallest absolute Gasteiger partial charge is 0.307 e. The molecule has 0 unspecified atom stereocenters. The Kier molecular flexibility index (Phi) is 4.25. The van der Waals surface area contributed by atoms with Gasteiger partial charge in [0.1, 0.15) is 0 Å². The quantitative estimate of drug-likeness (QED) is 0.278. The molecular weight excluding hydrogens is 392 g/mol. The zero-order valence-corrected chi connectivity index (χ0v) is 17.3. The highest BCUT2D eigenvalue weighted by Crippen LogP contribution is 2.30. The van der Waals surface area contributed by atoms with Gasteiger partial charge in [-0.3, -0.25) is 0 Å². The number of nitrogens with one attached hydrogen (secondary N) is 2. The van der Waals surface area contributed by atoms with Crippen molar-refractivity contribution in [2.75, 3.05) is 10.6 Å². The van der Waals surface area contributed by atoms with Crippen LogP contribution in [0.4, 0.5) is 16.2 Å². The van der Waals surface area contributed by atoms with Gasteiger partial charge in [-0.2, -0.15) is 0 Å². The van der Waals surface area contributed by atoms with Crippen molar-refractivity contribution in [3.63, 3.8) is 0 Å². The van der Waals surface area contributed by atoms with E-state index in [-0.39, 0.29) is 6.03 Å². The predicted octanol–water partition coefficient (Wildman–Crippen LogP) is 7.94. The Bertz CT molecular complexity index is 1530. The normalized spacial score (nSPS) is 11.2. The number of hydrogen-bond donors (Lipinski definition) is 2. The number of urea groups is 1. The van der Waals surface area contributed by atoms with Crippen LogP contribution in [0, 0.1) is 0 Å². The highest BCUT2D eigenvalue weighted by atomic mass is 16.2. The summed E-state index contributed by atoms with van der Waals surface area (Å²) in [7, 11) is 0. The number of fused-ring (bicyclic) bond motifs is 4. The second-order valence-electron chi connectivity index (χ2n) is 8.03. The van der Waals surface area contributed by atoms with E-state index in [9.17, 15) is 4.79 Å². The van der Waals surface area contributed by atoms with E-state index < -0.39 is 0 Å². The maximum atomic E-state index is 13.0. The van der Waals surface area contributed by atoms with Gasteiger partial charge in [0.2, 0.25) is 0 Å². The van der Waals surface area contributed by atoms with Gasteiger partial charge in [-0.05, 0) is 68.7 Å². The van der Waals surface area contributed by atoms with Crippen LogP contribution in [0.25, 0.3) is 43.1 Å². The van der Waals surface area contributed by atoms with Crippen LogP contribution in [-0.2, 0) is 0 Å². The molecule has 2 N–H and O–H groups in total. The van der Waals surface area contributed by atoms with Crippen molar-refractivity contribution >= 4 is 60.5 Å². The van der Waals surface area contributed by atoms with Gasteiger partial charge in [0, 0.05) is 10.8 Å². The Hall–Kier alpha value is -4.37. The average Bonchev–Trinajstić information content (AvgIpc) is 2.82. The molecule has 3 heteroatoms. The molecule has 0 aliphatic heterocycles. The van der Waals surface area contributed by atoms with Crippen LogP contribution >= 0.6 is 0 Å². The van der Waals surface area contributed by atoms with Crippen LogP contribution in [0.2, 0.25) is 0 Å². The lowest BCUT2D eigenvalue weighted by Gasteiger charge is -2.13. The summed E-state index contributed by atoms with van der Waals surface area (Å²) >= 11 is 0. The number of benzene rings is 6. The number of anilines is 2. The first-order valence-corrected chi connectivity index (χ1v) is 10.7. The molecule has 32 heavy (non-hydrogen) atoms. The number of rotatable bonds is 2.